The van der Waals surface area contributed by atoms with Crippen LogP contribution in [0.2, 0.25) is 0 Å². The molecule has 0 radical (unpaired) electrons. The van der Waals surface area contributed by atoms with Gasteiger partial charge < -0.3 is 14.4 Å². The van der Waals surface area contributed by atoms with Gasteiger partial charge in [0.2, 0.25) is 0 Å². The molecule has 2 amide bonds. The molecule has 0 unspecified atom stereocenters. The van der Waals surface area contributed by atoms with Crippen LogP contribution in [-0.4, -0.2) is 55.8 Å². The van der Waals surface area contributed by atoms with E-state index in [9.17, 15) is 9.59 Å². The molecule has 3 rings (SSSR count). The van der Waals surface area contributed by atoms with Crippen molar-refractivity contribution in [1.29, 1.82) is 0 Å². The fourth-order valence-corrected chi connectivity index (χ4v) is 3.04. The molecule has 0 spiro atoms. The monoisotopic (exact) mass is 445 g/mol. The first-order valence-corrected chi connectivity index (χ1v) is 9.59. The molecule has 146 valence electrons. The van der Waals surface area contributed by atoms with Crippen molar-refractivity contribution in [2.24, 2.45) is 5.10 Å². The van der Waals surface area contributed by atoms with Gasteiger partial charge in [0.1, 0.15) is 5.75 Å². The molecule has 1 aliphatic rings. The molecular weight excluding hydrogens is 426 g/mol. The molecular formula is C20H20BrN3O4. The number of morpholine rings is 1. The van der Waals surface area contributed by atoms with E-state index in [0.29, 0.717) is 42.1 Å². The van der Waals surface area contributed by atoms with E-state index in [1.807, 2.05) is 6.07 Å². The SMILES string of the molecule is O=C(N/N=C\c1ccc(OCC(=O)N2CCOCC2)cc1)c1ccccc1Br. The Labute approximate surface area is 171 Å². The summed E-state index contributed by atoms with van der Waals surface area (Å²) in [4.78, 5) is 25.9. The third kappa shape index (κ3) is 5.64. The van der Waals surface area contributed by atoms with Crippen LogP contribution >= 0.6 is 15.9 Å². The highest BCUT2D eigenvalue weighted by atomic mass is 79.9. The fraction of sp³-hybridized carbons (Fsp3) is 0.250. The Kier molecular flexibility index (Phi) is 7.16. The van der Waals surface area contributed by atoms with Crippen LogP contribution in [-0.2, 0) is 9.53 Å². The number of hydrogen-bond donors (Lipinski definition) is 1. The summed E-state index contributed by atoms with van der Waals surface area (Å²) in [5.74, 6) is 0.241. The zero-order chi connectivity index (χ0) is 19.8. The summed E-state index contributed by atoms with van der Waals surface area (Å²) in [6.07, 6.45) is 1.54. The van der Waals surface area contributed by atoms with E-state index >= 15 is 0 Å². The Morgan fingerprint density at radius 2 is 1.86 bits per heavy atom. The summed E-state index contributed by atoms with van der Waals surface area (Å²) in [5, 5.41) is 3.97. The molecule has 1 heterocycles. The van der Waals surface area contributed by atoms with E-state index in [0.717, 1.165) is 5.56 Å². The van der Waals surface area contributed by atoms with Gasteiger partial charge in [0.15, 0.2) is 6.61 Å². The Morgan fingerprint density at radius 3 is 2.57 bits per heavy atom. The summed E-state index contributed by atoms with van der Waals surface area (Å²) in [7, 11) is 0. The largest absolute Gasteiger partial charge is 0.484 e. The molecule has 28 heavy (non-hydrogen) atoms. The van der Waals surface area contributed by atoms with Crippen molar-refractivity contribution < 1.29 is 19.1 Å². The second-order valence-electron chi connectivity index (χ2n) is 6.03. The Bertz CT molecular complexity index is 849. The van der Waals surface area contributed by atoms with E-state index in [-0.39, 0.29) is 18.4 Å². The highest BCUT2D eigenvalue weighted by Crippen LogP contribution is 2.15. The molecule has 0 saturated carbocycles. The number of halogens is 1. The number of rotatable bonds is 6. The minimum atomic E-state index is -0.301. The van der Waals surface area contributed by atoms with Crippen molar-refractivity contribution in [1.82, 2.24) is 10.3 Å². The highest BCUT2D eigenvalue weighted by Gasteiger charge is 2.17. The molecule has 0 atom stereocenters. The van der Waals surface area contributed by atoms with Crippen LogP contribution in [0, 0.1) is 0 Å². The van der Waals surface area contributed by atoms with E-state index in [4.69, 9.17) is 9.47 Å². The highest BCUT2D eigenvalue weighted by molar-refractivity contribution is 9.10. The van der Waals surface area contributed by atoms with Crippen LogP contribution in [0.5, 0.6) is 5.75 Å². The van der Waals surface area contributed by atoms with Crippen LogP contribution in [0.25, 0.3) is 0 Å². The van der Waals surface area contributed by atoms with Gasteiger partial charge in [-0.05, 0) is 57.9 Å². The summed E-state index contributed by atoms with van der Waals surface area (Å²) in [6.45, 7) is 2.33. The number of ether oxygens (including phenoxy) is 2. The number of nitrogens with zero attached hydrogens (tertiary/aromatic N) is 2. The minimum absolute atomic E-state index is 0.00452. The van der Waals surface area contributed by atoms with Gasteiger partial charge in [-0.25, -0.2) is 5.43 Å². The first-order chi connectivity index (χ1) is 13.6. The van der Waals surface area contributed by atoms with Gasteiger partial charge in [-0.1, -0.05) is 12.1 Å². The topological polar surface area (TPSA) is 80.2 Å². The quantitative estimate of drug-likeness (QED) is 0.546. The molecule has 7 nitrogen and oxygen atoms in total. The minimum Gasteiger partial charge on any atom is -0.484 e. The molecule has 1 aliphatic heterocycles. The lowest BCUT2D eigenvalue weighted by atomic mass is 10.2. The zero-order valence-corrected chi connectivity index (χ0v) is 16.7. The van der Waals surface area contributed by atoms with Gasteiger partial charge in [-0.2, -0.15) is 5.10 Å². The maximum absolute atomic E-state index is 12.1. The van der Waals surface area contributed by atoms with Gasteiger partial charge in [0.25, 0.3) is 11.8 Å². The van der Waals surface area contributed by atoms with Crippen molar-refractivity contribution in [3.05, 3.63) is 64.1 Å². The van der Waals surface area contributed by atoms with E-state index in [2.05, 4.69) is 26.5 Å². The van der Waals surface area contributed by atoms with Crippen LogP contribution in [0.15, 0.2) is 58.1 Å². The van der Waals surface area contributed by atoms with Crippen LogP contribution in [0.4, 0.5) is 0 Å². The standard InChI is InChI=1S/C20H20BrN3O4/c21-18-4-2-1-3-17(18)20(26)23-22-13-15-5-7-16(8-6-15)28-14-19(25)24-9-11-27-12-10-24/h1-8,13H,9-12,14H2,(H,23,26)/b22-13-. The molecule has 2 aromatic carbocycles. The lowest BCUT2D eigenvalue weighted by molar-refractivity contribution is -0.137. The fourth-order valence-electron chi connectivity index (χ4n) is 2.57. The van der Waals surface area contributed by atoms with E-state index in [1.165, 1.54) is 6.21 Å². The van der Waals surface area contributed by atoms with Crippen LogP contribution in [0.3, 0.4) is 0 Å². The first kappa shape index (κ1) is 20.0. The van der Waals surface area contributed by atoms with Crippen molar-refractivity contribution >= 4 is 34.0 Å². The number of benzene rings is 2. The number of amides is 2. The number of hydrazone groups is 1. The van der Waals surface area contributed by atoms with Crippen molar-refractivity contribution in [2.45, 2.75) is 0 Å². The zero-order valence-electron chi connectivity index (χ0n) is 15.1. The maximum Gasteiger partial charge on any atom is 0.272 e. The van der Waals surface area contributed by atoms with Crippen molar-refractivity contribution in [3.63, 3.8) is 0 Å². The number of carbonyl (C=O) groups is 2. The predicted octanol–water partition coefficient (Wildman–Crippen LogP) is 2.45. The molecule has 8 heteroatoms. The Morgan fingerprint density at radius 1 is 1.14 bits per heavy atom. The summed E-state index contributed by atoms with van der Waals surface area (Å²) >= 11 is 3.33. The molecule has 2 aromatic rings. The first-order valence-electron chi connectivity index (χ1n) is 8.80. The smallest absolute Gasteiger partial charge is 0.272 e. The number of carbonyl (C=O) groups excluding carboxylic acids is 2. The summed E-state index contributed by atoms with van der Waals surface area (Å²) in [5.41, 5.74) is 3.79. The van der Waals surface area contributed by atoms with Gasteiger partial charge in [-0.3, -0.25) is 9.59 Å². The average Bonchev–Trinajstić information content (AvgIpc) is 2.74. The third-order valence-electron chi connectivity index (χ3n) is 4.10. The Balaban J connectivity index is 1.47. The summed E-state index contributed by atoms with van der Waals surface area (Å²) in [6, 6.07) is 14.2. The molecule has 0 bridgehead atoms. The maximum atomic E-state index is 12.1. The molecule has 1 N–H and O–H groups in total. The molecule has 0 aliphatic carbocycles. The van der Waals surface area contributed by atoms with E-state index < -0.39 is 0 Å². The van der Waals surface area contributed by atoms with Gasteiger partial charge in [0, 0.05) is 17.6 Å². The summed E-state index contributed by atoms with van der Waals surface area (Å²) < 4.78 is 11.5. The Hall–Kier alpha value is -2.71. The second-order valence-corrected chi connectivity index (χ2v) is 6.88. The third-order valence-corrected chi connectivity index (χ3v) is 4.80. The van der Waals surface area contributed by atoms with Gasteiger partial charge in [0.05, 0.1) is 25.0 Å². The van der Waals surface area contributed by atoms with Crippen molar-refractivity contribution in [3.8, 4) is 5.75 Å². The lowest BCUT2D eigenvalue weighted by Gasteiger charge is -2.26. The van der Waals surface area contributed by atoms with Gasteiger partial charge in [-0.15, -0.1) is 0 Å². The molecule has 0 aromatic heterocycles. The molecule has 1 fully saturated rings. The second kappa shape index (κ2) is 10.0. The van der Waals surface area contributed by atoms with Crippen LogP contribution < -0.4 is 10.2 Å². The average molecular weight is 446 g/mol. The van der Waals surface area contributed by atoms with Crippen LogP contribution in [0.1, 0.15) is 15.9 Å². The predicted molar refractivity (Wildman–Crippen MR) is 109 cm³/mol. The van der Waals surface area contributed by atoms with Gasteiger partial charge >= 0.3 is 0 Å². The molecule has 1 saturated heterocycles. The number of nitrogens with one attached hydrogen (secondary N) is 1. The lowest BCUT2D eigenvalue weighted by Crippen LogP contribution is -2.42. The normalized spacial score (nSPS) is 14.1. The number of hydrogen-bond acceptors (Lipinski definition) is 5. The van der Waals surface area contributed by atoms with E-state index in [1.54, 1.807) is 47.4 Å². The van der Waals surface area contributed by atoms with Crippen molar-refractivity contribution in [2.75, 3.05) is 32.9 Å².